The number of aromatic nitrogens is 1. The molecule has 1 fully saturated rings. The maximum atomic E-state index is 8.95. The molecular weight excluding hydrogens is 202 g/mol. The van der Waals surface area contributed by atoms with Gasteiger partial charge in [-0.05, 0) is 26.0 Å². The Balaban J connectivity index is 1.99. The van der Waals surface area contributed by atoms with Gasteiger partial charge in [-0.3, -0.25) is 0 Å². The number of ether oxygens (including phenoxy) is 1. The summed E-state index contributed by atoms with van der Waals surface area (Å²) in [6, 6.07) is 5.73. The molecule has 16 heavy (non-hydrogen) atoms. The number of pyridine rings is 1. The van der Waals surface area contributed by atoms with Gasteiger partial charge >= 0.3 is 0 Å². The number of hydrogen-bond acceptors (Lipinski definition) is 4. The van der Waals surface area contributed by atoms with E-state index in [0.29, 0.717) is 5.56 Å². The van der Waals surface area contributed by atoms with Crippen LogP contribution in [0.4, 0.5) is 5.82 Å². The molecule has 0 saturated carbocycles. The Hall–Kier alpha value is -1.60. The average molecular weight is 217 g/mol. The summed E-state index contributed by atoms with van der Waals surface area (Å²) in [5, 5.41) is 8.95. The number of rotatable bonds is 3. The first-order valence-electron chi connectivity index (χ1n) is 5.46. The molecule has 1 aromatic heterocycles. The molecular formula is C12H15N3O. The highest BCUT2D eigenvalue weighted by atomic mass is 16.5. The van der Waals surface area contributed by atoms with Gasteiger partial charge in [-0.1, -0.05) is 0 Å². The van der Waals surface area contributed by atoms with Crippen molar-refractivity contribution in [1.82, 2.24) is 4.98 Å². The summed E-state index contributed by atoms with van der Waals surface area (Å²) in [5.41, 5.74) is 0.630. The predicted molar refractivity (Wildman–Crippen MR) is 61.2 cm³/mol. The zero-order chi connectivity index (χ0) is 11.5. The molecule has 4 nitrogen and oxygen atoms in total. The molecule has 2 heterocycles. The molecule has 1 aliphatic heterocycles. The van der Waals surface area contributed by atoms with Crippen LogP contribution in [0.5, 0.6) is 0 Å². The smallest absolute Gasteiger partial charge is 0.146 e. The Morgan fingerprint density at radius 1 is 1.56 bits per heavy atom. The van der Waals surface area contributed by atoms with Crippen LogP contribution in [0.15, 0.2) is 18.3 Å². The monoisotopic (exact) mass is 217 g/mol. The zero-order valence-electron chi connectivity index (χ0n) is 9.55. The van der Waals surface area contributed by atoms with Gasteiger partial charge in [0.1, 0.15) is 11.9 Å². The van der Waals surface area contributed by atoms with Crippen LogP contribution in [0.1, 0.15) is 19.4 Å². The van der Waals surface area contributed by atoms with Crippen molar-refractivity contribution in [2.24, 2.45) is 0 Å². The Morgan fingerprint density at radius 2 is 2.31 bits per heavy atom. The minimum Gasteiger partial charge on any atom is -0.372 e. The van der Waals surface area contributed by atoms with E-state index in [-0.39, 0.29) is 12.2 Å². The largest absolute Gasteiger partial charge is 0.372 e. The van der Waals surface area contributed by atoms with Crippen LogP contribution in [0.2, 0.25) is 0 Å². The Bertz CT molecular complexity index is 405. The molecule has 4 heteroatoms. The van der Waals surface area contributed by atoms with Gasteiger partial charge in [-0.25, -0.2) is 4.98 Å². The molecule has 1 aromatic rings. The molecule has 0 bridgehead atoms. The lowest BCUT2D eigenvalue weighted by Gasteiger charge is -2.40. The Labute approximate surface area is 95.5 Å². The minimum atomic E-state index is 0.256. The maximum Gasteiger partial charge on any atom is 0.146 e. The first kappa shape index (κ1) is 10.9. The molecule has 0 unspecified atom stereocenters. The fourth-order valence-electron chi connectivity index (χ4n) is 1.82. The van der Waals surface area contributed by atoms with E-state index in [9.17, 15) is 0 Å². The number of hydrogen-bond donors (Lipinski definition) is 0. The van der Waals surface area contributed by atoms with Crippen molar-refractivity contribution < 1.29 is 4.74 Å². The second-order valence-electron chi connectivity index (χ2n) is 4.20. The molecule has 84 valence electrons. The molecule has 1 saturated heterocycles. The van der Waals surface area contributed by atoms with Gasteiger partial charge in [0.2, 0.25) is 0 Å². The summed E-state index contributed by atoms with van der Waals surface area (Å²) in [6.45, 7) is 5.71. The third-order valence-electron chi connectivity index (χ3n) is 2.52. The third kappa shape index (κ3) is 2.15. The third-order valence-corrected chi connectivity index (χ3v) is 2.52. The quantitative estimate of drug-likeness (QED) is 0.771. The molecule has 0 atom stereocenters. The summed E-state index contributed by atoms with van der Waals surface area (Å²) < 4.78 is 5.66. The maximum absolute atomic E-state index is 8.95. The van der Waals surface area contributed by atoms with E-state index in [1.807, 2.05) is 13.8 Å². The zero-order valence-corrected chi connectivity index (χ0v) is 9.55. The lowest BCUT2D eigenvalue weighted by atomic mass is 10.1. The molecule has 0 spiro atoms. The van der Waals surface area contributed by atoms with Crippen LogP contribution in [0.3, 0.4) is 0 Å². The van der Waals surface area contributed by atoms with Crippen LogP contribution in [0.25, 0.3) is 0 Å². The van der Waals surface area contributed by atoms with Crippen LogP contribution in [-0.4, -0.2) is 30.3 Å². The summed E-state index contributed by atoms with van der Waals surface area (Å²) in [4.78, 5) is 6.31. The lowest BCUT2D eigenvalue weighted by molar-refractivity contribution is -0.00746. The Morgan fingerprint density at radius 3 is 2.94 bits per heavy atom. The first-order chi connectivity index (χ1) is 7.70. The molecule has 0 aliphatic carbocycles. The van der Waals surface area contributed by atoms with Crippen molar-refractivity contribution in [1.29, 1.82) is 5.26 Å². The van der Waals surface area contributed by atoms with Crippen molar-refractivity contribution >= 4 is 5.82 Å². The van der Waals surface area contributed by atoms with Gasteiger partial charge < -0.3 is 9.64 Å². The van der Waals surface area contributed by atoms with E-state index in [4.69, 9.17) is 10.00 Å². The van der Waals surface area contributed by atoms with Gasteiger partial charge in [0.05, 0.1) is 17.8 Å². The molecule has 0 radical (unpaired) electrons. The number of anilines is 1. The van der Waals surface area contributed by atoms with Crippen molar-refractivity contribution in [3.8, 4) is 6.07 Å². The number of nitrogens with zero attached hydrogens (tertiary/aromatic N) is 3. The van der Waals surface area contributed by atoms with Crippen molar-refractivity contribution in [3.63, 3.8) is 0 Å². The van der Waals surface area contributed by atoms with Crippen LogP contribution < -0.4 is 4.90 Å². The minimum absolute atomic E-state index is 0.256. The van der Waals surface area contributed by atoms with E-state index in [1.165, 1.54) is 0 Å². The summed E-state index contributed by atoms with van der Waals surface area (Å²) >= 11 is 0. The van der Waals surface area contributed by atoms with Crippen LogP contribution in [-0.2, 0) is 4.74 Å². The second-order valence-corrected chi connectivity index (χ2v) is 4.20. The molecule has 0 aromatic carbocycles. The summed E-state index contributed by atoms with van der Waals surface area (Å²) in [7, 11) is 0. The van der Waals surface area contributed by atoms with E-state index >= 15 is 0 Å². The molecule has 2 rings (SSSR count). The van der Waals surface area contributed by atoms with Gasteiger partial charge in [-0.2, -0.15) is 5.26 Å². The van der Waals surface area contributed by atoms with Crippen molar-refractivity contribution in [2.45, 2.75) is 26.1 Å². The van der Waals surface area contributed by atoms with Crippen LogP contribution in [0, 0.1) is 11.3 Å². The normalized spacial score (nSPS) is 16.0. The van der Waals surface area contributed by atoms with E-state index < -0.39 is 0 Å². The average Bonchev–Trinajstić information content (AvgIpc) is 2.22. The number of nitriles is 1. The van der Waals surface area contributed by atoms with Gasteiger partial charge in [0.25, 0.3) is 0 Å². The van der Waals surface area contributed by atoms with Gasteiger partial charge in [-0.15, -0.1) is 0 Å². The van der Waals surface area contributed by atoms with Crippen molar-refractivity contribution in [3.05, 3.63) is 23.9 Å². The lowest BCUT2D eigenvalue weighted by Crippen LogP contribution is -2.53. The van der Waals surface area contributed by atoms with Gasteiger partial charge in [0.15, 0.2) is 0 Å². The molecule has 0 N–H and O–H groups in total. The van der Waals surface area contributed by atoms with E-state index in [2.05, 4.69) is 16.0 Å². The van der Waals surface area contributed by atoms with Gasteiger partial charge in [0, 0.05) is 19.3 Å². The highest BCUT2D eigenvalue weighted by Crippen LogP contribution is 2.23. The highest BCUT2D eigenvalue weighted by molar-refractivity contribution is 5.55. The van der Waals surface area contributed by atoms with E-state index in [0.717, 1.165) is 18.9 Å². The fourth-order valence-corrected chi connectivity index (χ4v) is 1.82. The van der Waals surface area contributed by atoms with Crippen LogP contribution >= 0.6 is 0 Å². The summed E-state index contributed by atoms with van der Waals surface area (Å²) in [6.07, 6.45) is 2.24. The van der Waals surface area contributed by atoms with E-state index in [1.54, 1.807) is 18.3 Å². The summed E-state index contributed by atoms with van der Waals surface area (Å²) in [5.74, 6) is 0.772. The van der Waals surface area contributed by atoms with Crippen molar-refractivity contribution in [2.75, 3.05) is 18.0 Å². The topological polar surface area (TPSA) is 49.1 Å². The molecule has 0 amide bonds. The second kappa shape index (κ2) is 4.50. The Kier molecular flexibility index (Phi) is 3.07. The predicted octanol–water partition coefficient (Wildman–Crippen LogP) is 1.57. The first-order valence-corrected chi connectivity index (χ1v) is 5.46. The standard InChI is InChI=1S/C12H15N3O/c1-9(2)16-11-7-15(8-11)12-10(6-13)4-3-5-14-12/h3-5,9,11H,7-8H2,1-2H3. The fraction of sp³-hybridized carbons (Fsp3) is 0.500. The SMILES string of the molecule is CC(C)OC1CN(c2ncccc2C#N)C1. The molecule has 1 aliphatic rings. The highest BCUT2D eigenvalue weighted by Gasteiger charge is 2.30.